The molecule has 1 atom stereocenters. The van der Waals surface area contributed by atoms with Crippen molar-refractivity contribution in [3.8, 4) is 5.88 Å². The molecule has 1 aromatic carbocycles. The molecule has 0 aliphatic heterocycles. The molecule has 1 unspecified atom stereocenters. The normalized spacial score (nSPS) is 12.1. The number of nitrogens with zero attached hydrogens (tertiary/aromatic N) is 3. The maximum Gasteiger partial charge on any atom is 0.349 e. The van der Waals surface area contributed by atoms with Crippen molar-refractivity contribution in [3.63, 3.8) is 0 Å². The van der Waals surface area contributed by atoms with E-state index in [9.17, 15) is 9.90 Å². The summed E-state index contributed by atoms with van der Waals surface area (Å²) < 4.78 is 4.97. The lowest BCUT2D eigenvalue weighted by Crippen LogP contribution is -2.37. The third kappa shape index (κ3) is 3.82. The highest BCUT2D eigenvalue weighted by Crippen LogP contribution is 2.15. The highest BCUT2D eigenvalue weighted by Gasteiger charge is 2.21. The summed E-state index contributed by atoms with van der Waals surface area (Å²) in [4.78, 5) is 21.2. The molecule has 0 amide bonds. The van der Waals surface area contributed by atoms with Gasteiger partial charge in [0.1, 0.15) is 0 Å². The summed E-state index contributed by atoms with van der Waals surface area (Å²) in [6.07, 6.45) is 2.05. The maximum absolute atomic E-state index is 11.4. The number of aliphatic imine (C=N–C) groups is 1. The number of carbonyl (C=O) groups is 1. The molecule has 0 aliphatic rings. The Morgan fingerprint density at radius 3 is 2.59 bits per heavy atom. The summed E-state index contributed by atoms with van der Waals surface area (Å²) in [5.74, 6) is -0.530. The van der Waals surface area contributed by atoms with Gasteiger partial charge in [0.05, 0.1) is 7.11 Å². The largest absolute Gasteiger partial charge is 0.481 e. The topological polar surface area (TPSA) is 75.0 Å². The standard InChI is InChI=1S/C16H17N3O3/c1-19(13-6-4-3-5-7-13)15(16(20)21)18-11-12-8-9-14(22-2)17-10-12/h3-11,15H,1-2H3,(H,20,21). The molecule has 0 saturated carbocycles. The second kappa shape index (κ2) is 7.21. The van der Waals surface area contributed by atoms with Crippen LogP contribution in [0.5, 0.6) is 5.88 Å². The number of ether oxygens (including phenoxy) is 1. The van der Waals surface area contributed by atoms with Crippen LogP contribution in [-0.2, 0) is 4.79 Å². The van der Waals surface area contributed by atoms with E-state index in [1.54, 1.807) is 30.3 Å². The number of aromatic nitrogens is 1. The number of aliphatic carboxylic acids is 1. The number of rotatable bonds is 6. The van der Waals surface area contributed by atoms with Crippen LogP contribution in [0.2, 0.25) is 0 Å². The van der Waals surface area contributed by atoms with Gasteiger partial charge >= 0.3 is 5.97 Å². The molecule has 2 aromatic rings. The first-order valence-corrected chi connectivity index (χ1v) is 6.65. The van der Waals surface area contributed by atoms with Crippen LogP contribution >= 0.6 is 0 Å². The molecule has 0 spiro atoms. The Morgan fingerprint density at radius 2 is 2.05 bits per heavy atom. The average molecular weight is 299 g/mol. The molecule has 0 bridgehead atoms. The number of hydrogen-bond acceptors (Lipinski definition) is 5. The summed E-state index contributed by atoms with van der Waals surface area (Å²) >= 11 is 0. The fourth-order valence-electron chi connectivity index (χ4n) is 1.88. The van der Waals surface area contributed by atoms with E-state index in [2.05, 4.69) is 9.98 Å². The van der Waals surface area contributed by atoms with E-state index in [0.29, 0.717) is 11.4 Å². The van der Waals surface area contributed by atoms with Gasteiger partial charge in [0, 0.05) is 36.8 Å². The zero-order chi connectivity index (χ0) is 15.9. The molecular weight excluding hydrogens is 282 g/mol. The van der Waals surface area contributed by atoms with Gasteiger partial charge in [-0.3, -0.25) is 4.99 Å². The zero-order valence-corrected chi connectivity index (χ0v) is 12.4. The number of carboxylic acid groups (broad SMARTS) is 1. The van der Waals surface area contributed by atoms with E-state index in [-0.39, 0.29) is 0 Å². The molecule has 6 nitrogen and oxygen atoms in total. The number of likely N-dealkylation sites (N-methyl/N-ethyl adjacent to an activating group) is 1. The Kier molecular flexibility index (Phi) is 5.08. The van der Waals surface area contributed by atoms with Gasteiger partial charge in [0.15, 0.2) is 0 Å². The van der Waals surface area contributed by atoms with Crippen molar-refractivity contribution in [2.45, 2.75) is 6.17 Å². The first kappa shape index (κ1) is 15.5. The van der Waals surface area contributed by atoms with E-state index >= 15 is 0 Å². The predicted octanol–water partition coefficient (Wildman–Crippen LogP) is 2.06. The minimum absolute atomic E-state index is 0.494. The molecule has 1 N–H and O–H groups in total. The van der Waals surface area contributed by atoms with Crippen LogP contribution in [0.3, 0.4) is 0 Å². The molecule has 1 aromatic heterocycles. The number of anilines is 1. The molecule has 0 fully saturated rings. The summed E-state index contributed by atoms with van der Waals surface area (Å²) in [6.45, 7) is 0. The first-order valence-electron chi connectivity index (χ1n) is 6.65. The predicted molar refractivity (Wildman–Crippen MR) is 84.7 cm³/mol. The van der Waals surface area contributed by atoms with Gasteiger partial charge in [-0.1, -0.05) is 18.2 Å². The fourth-order valence-corrected chi connectivity index (χ4v) is 1.88. The van der Waals surface area contributed by atoms with Crippen molar-refractivity contribution in [1.29, 1.82) is 0 Å². The Morgan fingerprint density at radius 1 is 1.32 bits per heavy atom. The van der Waals surface area contributed by atoms with Gasteiger partial charge in [-0.05, 0) is 18.2 Å². The lowest BCUT2D eigenvalue weighted by atomic mass is 10.2. The van der Waals surface area contributed by atoms with Gasteiger partial charge in [0.25, 0.3) is 0 Å². The van der Waals surface area contributed by atoms with Crippen LogP contribution in [0.1, 0.15) is 5.56 Å². The summed E-state index contributed by atoms with van der Waals surface area (Å²) in [6, 6.07) is 12.7. The number of carboxylic acids is 1. The lowest BCUT2D eigenvalue weighted by molar-refractivity contribution is -0.138. The molecule has 2 rings (SSSR count). The third-order valence-electron chi connectivity index (χ3n) is 3.08. The van der Waals surface area contributed by atoms with Crippen molar-refractivity contribution in [2.24, 2.45) is 4.99 Å². The minimum atomic E-state index is -1.02. The molecule has 6 heteroatoms. The van der Waals surface area contributed by atoms with E-state index in [0.717, 1.165) is 5.69 Å². The zero-order valence-electron chi connectivity index (χ0n) is 12.4. The summed E-state index contributed by atoms with van der Waals surface area (Å²) in [5, 5.41) is 9.37. The van der Waals surface area contributed by atoms with E-state index in [1.807, 2.05) is 30.3 Å². The Bertz CT molecular complexity index is 641. The third-order valence-corrected chi connectivity index (χ3v) is 3.08. The van der Waals surface area contributed by atoms with Gasteiger partial charge in [-0.25, -0.2) is 9.78 Å². The first-order chi connectivity index (χ1) is 10.6. The number of hydrogen-bond donors (Lipinski definition) is 1. The Labute approximate surface area is 128 Å². The second-order valence-electron chi connectivity index (χ2n) is 4.57. The van der Waals surface area contributed by atoms with Crippen molar-refractivity contribution in [1.82, 2.24) is 4.98 Å². The minimum Gasteiger partial charge on any atom is -0.481 e. The smallest absolute Gasteiger partial charge is 0.349 e. The van der Waals surface area contributed by atoms with Gasteiger partial charge in [-0.15, -0.1) is 0 Å². The molecule has 0 radical (unpaired) electrons. The summed E-state index contributed by atoms with van der Waals surface area (Å²) in [7, 11) is 3.23. The van der Waals surface area contributed by atoms with Gasteiger partial charge in [0.2, 0.25) is 12.0 Å². The molecule has 22 heavy (non-hydrogen) atoms. The van der Waals surface area contributed by atoms with Crippen LogP contribution in [0, 0.1) is 0 Å². The van der Waals surface area contributed by atoms with Gasteiger partial charge < -0.3 is 14.7 Å². The highest BCUT2D eigenvalue weighted by atomic mass is 16.5. The van der Waals surface area contributed by atoms with Gasteiger partial charge in [-0.2, -0.15) is 0 Å². The van der Waals surface area contributed by atoms with Crippen LogP contribution in [0.15, 0.2) is 53.7 Å². The quantitative estimate of drug-likeness (QED) is 0.826. The molecule has 0 saturated heterocycles. The second-order valence-corrected chi connectivity index (χ2v) is 4.57. The fraction of sp³-hybridized carbons (Fsp3) is 0.188. The number of methoxy groups -OCH3 is 1. The van der Waals surface area contributed by atoms with Crippen molar-refractivity contribution in [3.05, 3.63) is 54.2 Å². The average Bonchev–Trinajstić information content (AvgIpc) is 2.56. The van der Waals surface area contributed by atoms with Crippen molar-refractivity contribution < 1.29 is 14.6 Å². The SMILES string of the molecule is COc1ccc(C=NC(C(=O)O)N(C)c2ccccc2)cn1. The number of pyridine rings is 1. The van der Waals surface area contributed by atoms with Crippen molar-refractivity contribution in [2.75, 3.05) is 19.1 Å². The summed E-state index contributed by atoms with van der Waals surface area (Å²) in [5.41, 5.74) is 1.48. The van der Waals surface area contributed by atoms with Crippen LogP contribution < -0.4 is 9.64 Å². The lowest BCUT2D eigenvalue weighted by Gasteiger charge is -2.23. The molecular formula is C16H17N3O3. The van der Waals surface area contributed by atoms with Crippen LogP contribution in [0.25, 0.3) is 0 Å². The molecule has 114 valence electrons. The molecule has 1 heterocycles. The van der Waals surface area contributed by atoms with Crippen LogP contribution in [-0.4, -0.2) is 42.6 Å². The number of para-hydroxylation sites is 1. The van der Waals surface area contributed by atoms with E-state index in [4.69, 9.17) is 4.74 Å². The van der Waals surface area contributed by atoms with Crippen molar-refractivity contribution >= 4 is 17.9 Å². The van der Waals surface area contributed by atoms with E-state index in [1.165, 1.54) is 13.3 Å². The van der Waals surface area contributed by atoms with Crippen LogP contribution in [0.4, 0.5) is 5.69 Å². The number of benzene rings is 1. The highest BCUT2D eigenvalue weighted by molar-refractivity contribution is 5.84. The maximum atomic E-state index is 11.4. The monoisotopic (exact) mass is 299 g/mol. The van der Waals surface area contributed by atoms with E-state index < -0.39 is 12.1 Å². The Hall–Kier alpha value is -2.89. The Balaban J connectivity index is 2.17. The molecule has 0 aliphatic carbocycles.